The Balaban J connectivity index is -0.000000114. The van der Waals surface area contributed by atoms with E-state index in [4.69, 9.17) is 10.5 Å². The van der Waals surface area contributed by atoms with Crippen molar-refractivity contribution in [3.05, 3.63) is 23.8 Å². The number of halogens is 1. The van der Waals surface area contributed by atoms with Crippen molar-refractivity contribution >= 4 is 34.3 Å². The van der Waals surface area contributed by atoms with E-state index in [0.717, 1.165) is 17.3 Å². The van der Waals surface area contributed by atoms with Crippen molar-refractivity contribution in [2.75, 3.05) is 4.43 Å². The highest BCUT2D eigenvalue weighted by atomic mass is 127. The van der Waals surface area contributed by atoms with Crippen LogP contribution in [-0.2, 0) is 14.3 Å². The second-order valence-corrected chi connectivity index (χ2v) is 8.54. The van der Waals surface area contributed by atoms with Crippen LogP contribution in [0.3, 0.4) is 0 Å². The molecule has 0 aliphatic carbocycles. The summed E-state index contributed by atoms with van der Waals surface area (Å²) in [6.45, 7) is 23.1. The number of nitrogens with two attached hydrogens (primary N) is 1. The van der Waals surface area contributed by atoms with Gasteiger partial charge < -0.3 is 15.3 Å². The van der Waals surface area contributed by atoms with Crippen LogP contribution in [0.25, 0.3) is 0 Å². The number of alkyl halides is 1. The largest absolute Gasteiger partial charge is 0.461 e. The number of esters is 1. The molecule has 0 spiro atoms. The Morgan fingerprint density at radius 3 is 1.72 bits per heavy atom. The number of hydrogen-bond donors (Lipinski definition) is 1. The molecule has 0 aromatic rings. The van der Waals surface area contributed by atoms with Gasteiger partial charge in [0, 0.05) is 13.0 Å². The summed E-state index contributed by atoms with van der Waals surface area (Å²) in [5.74, 6) is 0.313. The molecule has 0 radical (unpaired) electrons. The average Bonchev–Trinajstić information content (AvgIpc) is 2.73. The first kappa shape index (κ1) is 41.6. The van der Waals surface area contributed by atoms with Crippen LogP contribution in [-0.4, -0.2) is 28.3 Å². The zero-order valence-corrected chi connectivity index (χ0v) is 25.5. The lowest BCUT2D eigenvalue weighted by molar-refractivity contribution is -0.147. The number of allylic oxidation sites excluding steroid dienone is 4. The maximum Gasteiger partial charge on any atom is 0.302 e. The van der Waals surface area contributed by atoms with Crippen LogP contribution < -0.4 is 5.73 Å². The van der Waals surface area contributed by atoms with Gasteiger partial charge in [0.15, 0.2) is 0 Å². The van der Waals surface area contributed by atoms with Crippen LogP contribution >= 0.6 is 22.6 Å². The van der Waals surface area contributed by atoms with Gasteiger partial charge in [-0.25, -0.2) is 0 Å². The molecule has 2 N–H and O–H groups in total. The molecule has 0 aromatic heterocycles. The fraction of sp³-hybridized carbons (Fsp3) is 0.778. The molecule has 0 bridgehead atoms. The number of hydrogen-bond acceptors (Lipinski definition) is 4. The van der Waals surface area contributed by atoms with E-state index in [1.165, 1.54) is 45.6 Å². The van der Waals surface area contributed by atoms with E-state index in [1.54, 1.807) is 0 Å². The van der Waals surface area contributed by atoms with E-state index in [-0.39, 0.29) is 23.9 Å². The highest BCUT2D eigenvalue weighted by Gasteiger charge is 2.21. The van der Waals surface area contributed by atoms with Crippen molar-refractivity contribution in [1.29, 1.82) is 0 Å². The van der Waals surface area contributed by atoms with Gasteiger partial charge in [-0.3, -0.25) is 4.79 Å². The Morgan fingerprint density at radius 2 is 1.44 bits per heavy atom. The third-order valence-corrected chi connectivity index (χ3v) is 4.56. The Bertz CT molecular complexity index is 442. The predicted molar refractivity (Wildman–Crippen MR) is 154 cm³/mol. The summed E-state index contributed by atoms with van der Waals surface area (Å²) < 4.78 is 6.20. The van der Waals surface area contributed by atoms with E-state index in [9.17, 15) is 9.59 Å². The fourth-order valence-corrected chi connectivity index (χ4v) is 2.49. The lowest BCUT2D eigenvalue weighted by atomic mass is 9.94. The SMILES string of the molecule is C/C=C\C(C)=CCC.CC.CC(=O)OC(C)C(N)C(C)CCCI.CC(C)=O.CCCC. The normalized spacial score (nSPS) is 12.8. The van der Waals surface area contributed by atoms with Gasteiger partial charge in [0.05, 0.1) is 0 Å². The Morgan fingerprint density at radius 1 is 1.00 bits per heavy atom. The molecule has 0 amide bonds. The van der Waals surface area contributed by atoms with Gasteiger partial charge in [-0.15, -0.1) is 0 Å². The van der Waals surface area contributed by atoms with Crippen molar-refractivity contribution in [2.24, 2.45) is 11.7 Å². The maximum absolute atomic E-state index is 10.7. The average molecular weight is 570 g/mol. The van der Waals surface area contributed by atoms with Crippen LogP contribution in [0.2, 0.25) is 0 Å². The molecular weight excluding hydrogens is 513 g/mol. The maximum atomic E-state index is 10.7. The van der Waals surface area contributed by atoms with Crippen molar-refractivity contribution < 1.29 is 14.3 Å². The minimum absolute atomic E-state index is 0.0538. The molecule has 0 rings (SSSR count). The van der Waals surface area contributed by atoms with Crippen LogP contribution in [0.5, 0.6) is 0 Å². The molecule has 3 atom stereocenters. The third-order valence-electron chi connectivity index (χ3n) is 3.80. The molecule has 4 nitrogen and oxygen atoms in total. The van der Waals surface area contributed by atoms with Gasteiger partial charge >= 0.3 is 5.97 Å². The second kappa shape index (κ2) is 34.9. The van der Waals surface area contributed by atoms with Gasteiger partial charge in [-0.1, -0.05) is 101 Å². The number of ether oxygens (including phenoxy) is 1. The van der Waals surface area contributed by atoms with Gasteiger partial charge in [0.1, 0.15) is 11.9 Å². The van der Waals surface area contributed by atoms with Crippen LogP contribution in [0.1, 0.15) is 115 Å². The Labute approximate surface area is 215 Å². The molecule has 0 saturated carbocycles. The molecule has 0 fully saturated rings. The minimum atomic E-state index is -0.256. The summed E-state index contributed by atoms with van der Waals surface area (Å²) in [5, 5.41) is 0. The van der Waals surface area contributed by atoms with Crippen molar-refractivity contribution in [3.8, 4) is 0 Å². The fourth-order valence-electron chi connectivity index (χ4n) is 2.05. The zero-order chi connectivity index (χ0) is 26.5. The summed E-state index contributed by atoms with van der Waals surface area (Å²) in [4.78, 5) is 20.2. The van der Waals surface area contributed by atoms with Crippen LogP contribution in [0.4, 0.5) is 0 Å². The molecule has 0 aliphatic heterocycles. The van der Waals surface area contributed by atoms with E-state index >= 15 is 0 Å². The molecule has 32 heavy (non-hydrogen) atoms. The zero-order valence-electron chi connectivity index (χ0n) is 23.4. The third kappa shape index (κ3) is 47.2. The lowest BCUT2D eigenvalue weighted by Gasteiger charge is -2.25. The standard InChI is InChI=1S/C10H20INO2.C8H14.C4H10.C3H6O.C2H6/c1-7(5-4-6-11)10(12)8(2)14-9(3)13;1-4-6-8(3)7-5-2;1-3-4-2;1-3(2)4;1-2/h7-8,10H,4-6,12H2,1-3H3;4,6-7H,5H2,1-3H3;3-4H2,1-2H3;1-2H3;1-2H3/b;6-4-,8-7?;;;. The Hall–Kier alpha value is -0.690. The van der Waals surface area contributed by atoms with E-state index in [0.29, 0.717) is 5.92 Å². The van der Waals surface area contributed by atoms with Crippen molar-refractivity contribution in [3.63, 3.8) is 0 Å². The molecule has 0 saturated heterocycles. The molecule has 0 aromatic carbocycles. The van der Waals surface area contributed by atoms with Crippen molar-refractivity contribution in [2.45, 2.75) is 127 Å². The minimum Gasteiger partial charge on any atom is -0.461 e. The number of rotatable bonds is 9. The molecule has 5 heteroatoms. The number of ketones is 1. The molecule has 194 valence electrons. The van der Waals surface area contributed by atoms with Gasteiger partial charge in [0.2, 0.25) is 0 Å². The predicted octanol–water partition coefficient (Wildman–Crippen LogP) is 8.46. The second-order valence-electron chi connectivity index (χ2n) is 7.47. The van der Waals surface area contributed by atoms with Crippen LogP contribution in [0, 0.1) is 5.92 Å². The number of Topliss-reactive ketones (excluding diaryl/α,β-unsaturated/α-hetero) is 1. The highest BCUT2D eigenvalue weighted by Crippen LogP contribution is 2.14. The molecule has 0 aliphatic rings. The first-order valence-corrected chi connectivity index (χ1v) is 13.7. The monoisotopic (exact) mass is 569 g/mol. The first-order valence-electron chi connectivity index (χ1n) is 12.2. The topological polar surface area (TPSA) is 69.4 Å². The molecular formula is C27H56INO3. The van der Waals surface area contributed by atoms with Gasteiger partial charge in [-0.05, 0) is 64.2 Å². The van der Waals surface area contributed by atoms with E-state index in [2.05, 4.69) is 75.4 Å². The van der Waals surface area contributed by atoms with E-state index in [1.807, 2.05) is 27.7 Å². The quantitative estimate of drug-likeness (QED) is 0.131. The number of carbonyl (C=O) groups is 2. The Kier molecular flexibility index (Phi) is 45.3. The van der Waals surface area contributed by atoms with Crippen molar-refractivity contribution in [1.82, 2.24) is 0 Å². The smallest absolute Gasteiger partial charge is 0.302 e. The van der Waals surface area contributed by atoms with Crippen LogP contribution in [0.15, 0.2) is 23.8 Å². The summed E-state index contributed by atoms with van der Waals surface area (Å²) in [6.07, 6.45) is 12.2. The molecule has 0 heterocycles. The highest BCUT2D eigenvalue weighted by molar-refractivity contribution is 14.1. The van der Waals surface area contributed by atoms with E-state index < -0.39 is 0 Å². The summed E-state index contributed by atoms with van der Waals surface area (Å²) in [7, 11) is 0. The molecule has 3 unspecified atom stereocenters. The first-order chi connectivity index (χ1) is 14.9. The lowest BCUT2D eigenvalue weighted by Crippen LogP contribution is -2.40. The van der Waals surface area contributed by atoms with Gasteiger partial charge in [-0.2, -0.15) is 0 Å². The summed E-state index contributed by atoms with van der Waals surface area (Å²) >= 11 is 2.36. The number of carbonyl (C=O) groups excluding carboxylic acids is 2. The van der Waals surface area contributed by atoms with Gasteiger partial charge in [0.25, 0.3) is 0 Å². The number of unbranched alkanes of at least 4 members (excludes halogenated alkanes) is 1. The summed E-state index contributed by atoms with van der Waals surface area (Å²) in [6, 6.07) is -0.0538. The summed E-state index contributed by atoms with van der Waals surface area (Å²) in [5.41, 5.74) is 7.33.